The predicted molar refractivity (Wildman–Crippen MR) is 78.6 cm³/mol. The van der Waals surface area contributed by atoms with Gasteiger partial charge in [-0.2, -0.15) is 0 Å². The van der Waals surface area contributed by atoms with Crippen LogP contribution >= 0.6 is 11.8 Å². The van der Waals surface area contributed by atoms with Crippen LogP contribution in [0.15, 0.2) is 23.1 Å². The van der Waals surface area contributed by atoms with Crippen molar-refractivity contribution >= 4 is 23.4 Å². The molecule has 0 aliphatic carbocycles. The second-order valence-electron chi connectivity index (χ2n) is 4.00. The Bertz CT molecular complexity index is 410. The summed E-state index contributed by atoms with van der Waals surface area (Å²) < 4.78 is 10.5. The molecule has 19 heavy (non-hydrogen) atoms. The molecule has 1 aromatic carbocycles. The van der Waals surface area contributed by atoms with Crippen LogP contribution in [-0.4, -0.2) is 24.9 Å². The number of hydrogen-bond donors (Lipinski definition) is 1. The zero-order chi connectivity index (χ0) is 14.1. The monoisotopic (exact) mass is 283 g/mol. The van der Waals surface area contributed by atoms with Gasteiger partial charge in [0.2, 0.25) is 0 Å². The zero-order valence-corrected chi connectivity index (χ0v) is 12.3. The molecule has 1 rings (SSSR count). The third-order valence-electron chi connectivity index (χ3n) is 2.40. The number of hydrogen-bond acceptors (Lipinski definition) is 5. The molecular formula is C14H21NO3S. The van der Waals surface area contributed by atoms with Crippen molar-refractivity contribution in [2.45, 2.75) is 31.6 Å². The van der Waals surface area contributed by atoms with Gasteiger partial charge in [-0.1, -0.05) is 13.3 Å². The van der Waals surface area contributed by atoms with E-state index in [0.29, 0.717) is 18.9 Å². The SMILES string of the molecule is CCCCOC(=O)CSc1cc(OCC)ccc1N. The Morgan fingerprint density at radius 3 is 2.84 bits per heavy atom. The van der Waals surface area contributed by atoms with Gasteiger partial charge in [-0.25, -0.2) is 0 Å². The summed E-state index contributed by atoms with van der Waals surface area (Å²) in [5, 5.41) is 0. The first-order valence-electron chi connectivity index (χ1n) is 6.48. The molecule has 0 radical (unpaired) electrons. The van der Waals surface area contributed by atoms with E-state index >= 15 is 0 Å². The fourth-order valence-electron chi connectivity index (χ4n) is 1.40. The Hall–Kier alpha value is -1.36. The molecule has 0 amide bonds. The molecule has 5 heteroatoms. The van der Waals surface area contributed by atoms with Gasteiger partial charge in [0.25, 0.3) is 0 Å². The van der Waals surface area contributed by atoms with Crippen LogP contribution in [0.4, 0.5) is 5.69 Å². The molecule has 0 aliphatic rings. The summed E-state index contributed by atoms with van der Waals surface area (Å²) in [5.74, 6) is 0.821. The highest BCUT2D eigenvalue weighted by atomic mass is 32.2. The number of benzene rings is 1. The quantitative estimate of drug-likeness (QED) is 0.344. The number of nitrogen functional groups attached to an aromatic ring is 1. The summed E-state index contributed by atoms with van der Waals surface area (Å²) in [7, 11) is 0. The molecule has 0 bridgehead atoms. The summed E-state index contributed by atoms with van der Waals surface area (Å²) in [5.41, 5.74) is 6.51. The number of ether oxygens (including phenoxy) is 2. The molecule has 0 aromatic heterocycles. The van der Waals surface area contributed by atoms with Crippen LogP contribution in [0.25, 0.3) is 0 Å². The number of thioether (sulfide) groups is 1. The lowest BCUT2D eigenvalue weighted by Crippen LogP contribution is -2.08. The number of carbonyl (C=O) groups excluding carboxylic acids is 1. The smallest absolute Gasteiger partial charge is 0.316 e. The molecule has 0 saturated carbocycles. The molecule has 0 spiro atoms. The molecule has 0 saturated heterocycles. The van der Waals surface area contributed by atoms with E-state index in [2.05, 4.69) is 6.92 Å². The number of anilines is 1. The number of esters is 1. The van der Waals surface area contributed by atoms with Crippen molar-refractivity contribution in [1.82, 2.24) is 0 Å². The highest BCUT2D eigenvalue weighted by Crippen LogP contribution is 2.29. The summed E-state index contributed by atoms with van der Waals surface area (Å²) in [4.78, 5) is 12.3. The average molecular weight is 283 g/mol. The van der Waals surface area contributed by atoms with Crippen molar-refractivity contribution in [1.29, 1.82) is 0 Å². The van der Waals surface area contributed by atoms with Gasteiger partial charge in [-0.15, -0.1) is 11.8 Å². The van der Waals surface area contributed by atoms with Gasteiger partial charge in [0, 0.05) is 10.6 Å². The fraction of sp³-hybridized carbons (Fsp3) is 0.500. The first-order valence-corrected chi connectivity index (χ1v) is 7.46. The standard InChI is InChI=1S/C14H21NO3S/c1-3-5-8-18-14(16)10-19-13-9-11(17-4-2)6-7-12(13)15/h6-7,9H,3-5,8,10,15H2,1-2H3. The highest BCUT2D eigenvalue weighted by Gasteiger charge is 2.07. The minimum atomic E-state index is -0.209. The normalized spacial score (nSPS) is 10.2. The Kier molecular flexibility index (Phi) is 7.18. The van der Waals surface area contributed by atoms with Crippen LogP contribution in [0, 0.1) is 0 Å². The topological polar surface area (TPSA) is 61.5 Å². The lowest BCUT2D eigenvalue weighted by atomic mass is 10.3. The van der Waals surface area contributed by atoms with E-state index < -0.39 is 0 Å². The molecule has 0 atom stereocenters. The van der Waals surface area contributed by atoms with E-state index in [1.54, 1.807) is 6.07 Å². The third kappa shape index (κ3) is 5.87. The maximum Gasteiger partial charge on any atom is 0.316 e. The Morgan fingerprint density at radius 1 is 1.37 bits per heavy atom. The van der Waals surface area contributed by atoms with Gasteiger partial charge in [0.15, 0.2) is 0 Å². The van der Waals surface area contributed by atoms with Gasteiger partial charge in [0.05, 0.1) is 19.0 Å². The Morgan fingerprint density at radius 2 is 2.16 bits per heavy atom. The Balaban J connectivity index is 2.47. The number of rotatable bonds is 8. The summed E-state index contributed by atoms with van der Waals surface area (Å²) in [6, 6.07) is 5.46. The van der Waals surface area contributed by atoms with Crippen molar-refractivity contribution in [2.24, 2.45) is 0 Å². The summed E-state index contributed by atoms with van der Waals surface area (Å²) >= 11 is 1.37. The van der Waals surface area contributed by atoms with Crippen molar-refractivity contribution in [3.63, 3.8) is 0 Å². The summed E-state index contributed by atoms with van der Waals surface area (Å²) in [6.07, 6.45) is 1.92. The van der Waals surface area contributed by atoms with E-state index in [9.17, 15) is 4.79 Å². The van der Waals surface area contributed by atoms with Crippen molar-refractivity contribution in [3.8, 4) is 5.75 Å². The molecule has 0 fully saturated rings. The third-order valence-corrected chi connectivity index (χ3v) is 3.45. The van der Waals surface area contributed by atoms with Gasteiger partial charge in [0.1, 0.15) is 5.75 Å². The lowest BCUT2D eigenvalue weighted by Gasteiger charge is -2.09. The second kappa shape index (κ2) is 8.69. The molecular weight excluding hydrogens is 262 g/mol. The number of carbonyl (C=O) groups is 1. The molecule has 4 nitrogen and oxygen atoms in total. The first kappa shape index (κ1) is 15.7. The lowest BCUT2D eigenvalue weighted by molar-refractivity contribution is -0.140. The zero-order valence-electron chi connectivity index (χ0n) is 11.5. The van der Waals surface area contributed by atoms with Crippen molar-refractivity contribution in [3.05, 3.63) is 18.2 Å². The Labute approximate surface area is 118 Å². The number of unbranched alkanes of at least 4 members (excludes halogenated alkanes) is 1. The largest absolute Gasteiger partial charge is 0.494 e. The van der Waals surface area contributed by atoms with Crippen molar-refractivity contribution in [2.75, 3.05) is 24.7 Å². The molecule has 0 heterocycles. The van der Waals surface area contributed by atoms with Crippen LogP contribution in [0.1, 0.15) is 26.7 Å². The van der Waals surface area contributed by atoms with Gasteiger partial charge >= 0.3 is 5.97 Å². The van der Waals surface area contributed by atoms with E-state index in [1.807, 2.05) is 19.1 Å². The minimum Gasteiger partial charge on any atom is -0.494 e. The van der Waals surface area contributed by atoms with Crippen LogP contribution < -0.4 is 10.5 Å². The average Bonchev–Trinajstić information content (AvgIpc) is 2.40. The van der Waals surface area contributed by atoms with Gasteiger partial charge in [-0.05, 0) is 31.5 Å². The minimum absolute atomic E-state index is 0.209. The van der Waals surface area contributed by atoms with Crippen molar-refractivity contribution < 1.29 is 14.3 Å². The van der Waals surface area contributed by atoms with E-state index in [4.69, 9.17) is 15.2 Å². The van der Waals surface area contributed by atoms with Crippen LogP contribution in [0.2, 0.25) is 0 Å². The van der Waals surface area contributed by atoms with Crippen LogP contribution in [0.5, 0.6) is 5.75 Å². The predicted octanol–water partition coefficient (Wildman–Crippen LogP) is 3.10. The van der Waals surface area contributed by atoms with Crippen LogP contribution in [-0.2, 0) is 9.53 Å². The molecule has 2 N–H and O–H groups in total. The van der Waals surface area contributed by atoms with Gasteiger partial charge in [-0.3, -0.25) is 4.79 Å². The van der Waals surface area contributed by atoms with E-state index in [-0.39, 0.29) is 11.7 Å². The molecule has 0 aliphatic heterocycles. The maximum atomic E-state index is 11.5. The first-order chi connectivity index (χ1) is 9.17. The van der Waals surface area contributed by atoms with Crippen LogP contribution in [0.3, 0.4) is 0 Å². The van der Waals surface area contributed by atoms with E-state index in [1.165, 1.54) is 11.8 Å². The molecule has 1 aromatic rings. The summed E-state index contributed by atoms with van der Waals surface area (Å²) in [6.45, 7) is 5.08. The number of nitrogens with two attached hydrogens (primary N) is 1. The maximum absolute atomic E-state index is 11.5. The van der Waals surface area contributed by atoms with Gasteiger partial charge < -0.3 is 15.2 Å². The highest BCUT2D eigenvalue weighted by molar-refractivity contribution is 8.00. The molecule has 0 unspecified atom stereocenters. The fourth-order valence-corrected chi connectivity index (χ4v) is 2.20. The molecule has 106 valence electrons. The second-order valence-corrected chi connectivity index (χ2v) is 5.01. The van der Waals surface area contributed by atoms with E-state index in [0.717, 1.165) is 23.5 Å².